The molecule has 0 spiro atoms. The highest BCUT2D eigenvalue weighted by Crippen LogP contribution is 2.34. The molecule has 3 nitrogen and oxygen atoms in total. The number of aliphatic hydroxyl groups excluding tert-OH is 1. The number of aromatic hydroxyl groups is 1. The maximum absolute atomic E-state index is 13.9. The van der Waals surface area contributed by atoms with Crippen LogP contribution in [0.15, 0.2) is 66.7 Å². The molecule has 4 rings (SSSR count). The Balaban J connectivity index is 1.94. The van der Waals surface area contributed by atoms with Gasteiger partial charge in [0.15, 0.2) is 0 Å². The Morgan fingerprint density at radius 1 is 0.926 bits per heavy atom. The monoisotopic (exact) mass is 359 g/mol. The van der Waals surface area contributed by atoms with Gasteiger partial charge in [-0.05, 0) is 47.4 Å². The van der Waals surface area contributed by atoms with E-state index < -0.39 is 0 Å². The maximum atomic E-state index is 13.9. The summed E-state index contributed by atoms with van der Waals surface area (Å²) in [5.74, 6) is -0.264. The van der Waals surface area contributed by atoms with Gasteiger partial charge in [0, 0.05) is 17.0 Å². The Labute approximate surface area is 156 Å². The predicted octanol–water partition coefficient (Wildman–Crippen LogP) is 5.21. The summed E-state index contributed by atoms with van der Waals surface area (Å²) >= 11 is 0. The Morgan fingerprint density at radius 2 is 1.70 bits per heavy atom. The van der Waals surface area contributed by atoms with Gasteiger partial charge in [-0.15, -0.1) is 0 Å². The van der Waals surface area contributed by atoms with Crippen molar-refractivity contribution < 1.29 is 14.6 Å². The first-order chi connectivity index (χ1) is 13.1. The zero-order valence-electron chi connectivity index (χ0n) is 14.8. The molecule has 4 aromatic rings. The lowest BCUT2D eigenvalue weighted by Gasteiger charge is -2.12. The molecule has 0 amide bonds. The van der Waals surface area contributed by atoms with Gasteiger partial charge in [0.05, 0.1) is 17.8 Å². The van der Waals surface area contributed by atoms with Crippen LogP contribution in [0.3, 0.4) is 0 Å². The Kier molecular flexibility index (Phi) is 4.34. The molecule has 134 valence electrons. The molecular formula is C23H18FNO2. The molecule has 27 heavy (non-hydrogen) atoms. The lowest BCUT2D eigenvalue weighted by molar-refractivity contribution is 0.282. The zero-order valence-corrected chi connectivity index (χ0v) is 14.8. The Morgan fingerprint density at radius 3 is 2.41 bits per heavy atom. The largest absolute Gasteiger partial charge is 0.507 e. The molecule has 0 unspecified atom stereocenters. The Hall–Kier alpha value is -3.24. The van der Waals surface area contributed by atoms with E-state index in [1.807, 2.05) is 36.4 Å². The SMILES string of the molecule is Cc1ccc(-c2cc(O)c3cc(CO)c(-c4ccccc4)cc3n2)cc1F. The number of aromatic nitrogens is 1. The smallest absolute Gasteiger partial charge is 0.127 e. The summed E-state index contributed by atoms with van der Waals surface area (Å²) in [4.78, 5) is 4.63. The summed E-state index contributed by atoms with van der Waals surface area (Å²) in [5, 5.41) is 20.8. The van der Waals surface area contributed by atoms with E-state index in [0.29, 0.717) is 33.3 Å². The van der Waals surface area contributed by atoms with Crippen LogP contribution in [-0.2, 0) is 6.61 Å². The number of rotatable bonds is 3. The number of hydrogen-bond acceptors (Lipinski definition) is 3. The van der Waals surface area contributed by atoms with Gasteiger partial charge in [0.25, 0.3) is 0 Å². The highest BCUT2D eigenvalue weighted by Gasteiger charge is 2.13. The normalized spacial score (nSPS) is 11.1. The van der Waals surface area contributed by atoms with Crippen molar-refractivity contribution in [2.24, 2.45) is 0 Å². The molecule has 0 bridgehead atoms. The third-order valence-corrected chi connectivity index (χ3v) is 4.73. The summed E-state index contributed by atoms with van der Waals surface area (Å²) in [5.41, 5.74) is 4.75. The van der Waals surface area contributed by atoms with Gasteiger partial charge < -0.3 is 10.2 Å². The predicted molar refractivity (Wildman–Crippen MR) is 105 cm³/mol. The van der Waals surface area contributed by atoms with Crippen LogP contribution in [0.1, 0.15) is 11.1 Å². The summed E-state index contributed by atoms with van der Waals surface area (Å²) in [7, 11) is 0. The number of aryl methyl sites for hydroxylation is 1. The van der Waals surface area contributed by atoms with Gasteiger partial charge in [0.1, 0.15) is 11.6 Å². The van der Waals surface area contributed by atoms with Crippen LogP contribution in [0.2, 0.25) is 0 Å². The molecule has 2 N–H and O–H groups in total. The second-order valence-corrected chi connectivity index (χ2v) is 6.54. The minimum atomic E-state index is -0.311. The minimum Gasteiger partial charge on any atom is -0.507 e. The molecule has 0 aliphatic carbocycles. The topological polar surface area (TPSA) is 53.4 Å². The molecule has 0 aliphatic rings. The van der Waals surface area contributed by atoms with Crippen LogP contribution in [0, 0.1) is 12.7 Å². The molecule has 0 radical (unpaired) electrons. The van der Waals surface area contributed by atoms with Crippen molar-refractivity contribution in [3.05, 3.63) is 83.7 Å². The fourth-order valence-electron chi connectivity index (χ4n) is 3.22. The van der Waals surface area contributed by atoms with Crippen molar-refractivity contribution in [3.63, 3.8) is 0 Å². The quantitative estimate of drug-likeness (QED) is 0.528. The van der Waals surface area contributed by atoms with Crippen LogP contribution < -0.4 is 0 Å². The van der Waals surface area contributed by atoms with Crippen LogP contribution >= 0.6 is 0 Å². The first kappa shape index (κ1) is 17.2. The number of hydrogen-bond donors (Lipinski definition) is 2. The van der Waals surface area contributed by atoms with Crippen LogP contribution in [-0.4, -0.2) is 15.2 Å². The first-order valence-corrected chi connectivity index (χ1v) is 8.66. The van der Waals surface area contributed by atoms with Crippen molar-refractivity contribution >= 4 is 10.9 Å². The first-order valence-electron chi connectivity index (χ1n) is 8.66. The van der Waals surface area contributed by atoms with Crippen LogP contribution in [0.5, 0.6) is 5.75 Å². The van der Waals surface area contributed by atoms with Crippen molar-refractivity contribution in [1.29, 1.82) is 0 Å². The van der Waals surface area contributed by atoms with Gasteiger partial charge in [-0.2, -0.15) is 0 Å². The van der Waals surface area contributed by atoms with Gasteiger partial charge in [0.2, 0.25) is 0 Å². The van der Waals surface area contributed by atoms with E-state index in [4.69, 9.17) is 0 Å². The lowest BCUT2D eigenvalue weighted by Crippen LogP contribution is -1.94. The second-order valence-electron chi connectivity index (χ2n) is 6.54. The molecule has 0 atom stereocenters. The minimum absolute atomic E-state index is 0.0466. The molecular weight excluding hydrogens is 341 g/mol. The van der Waals surface area contributed by atoms with E-state index in [1.165, 1.54) is 12.1 Å². The number of benzene rings is 3. The highest BCUT2D eigenvalue weighted by molar-refractivity contribution is 5.92. The van der Waals surface area contributed by atoms with Gasteiger partial charge in [-0.25, -0.2) is 9.37 Å². The summed E-state index contributed by atoms with van der Waals surface area (Å²) in [6.45, 7) is 1.55. The highest BCUT2D eigenvalue weighted by atomic mass is 19.1. The number of nitrogens with zero attached hydrogens (tertiary/aromatic N) is 1. The average molecular weight is 359 g/mol. The van der Waals surface area contributed by atoms with Crippen LogP contribution in [0.25, 0.3) is 33.3 Å². The third kappa shape index (κ3) is 3.15. The number of fused-ring (bicyclic) bond motifs is 1. The van der Waals surface area contributed by atoms with E-state index in [2.05, 4.69) is 4.98 Å². The summed E-state index contributed by atoms with van der Waals surface area (Å²) < 4.78 is 13.9. The second kappa shape index (κ2) is 6.82. The molecule has 1 heterocycles. The van der Waals surface area contributed by atoms with Crippen molar-refractivity contribution in [2.45, 2.75) is 13.5 Å². The molecule has 0 saturated heterocycles. The Bertz CT molecular complexity index is 1140. The van der Waals surface area contributed by atoms with E-state index >= 15 is 0 Å². The van der Waals surface area contributed by atoms with E-state index in [0.717, 1.165) is 11.1 Å². The van der Waals surface area contributed by atoms with Gasteiger partial charge >= 0.3 is 0 Å². The number of aliphatic hydroxyl groups is 1. The van der Waals surface area contributed by atoms with Gasteiger partial charge in [-0.3, -0.25) is 0 Å². The van der Waals surface area contributed by atoms with Crippen molar-refractivity contribution in [1.82, 2.24) is 4.98 Å². The van der Waals surface area contributed by atoms with E-state index in [9.17, 15) is 14.6 Å². The number of halogens is 1. The lowest BCUT2D eigenvalue weighted by atomic mass is 9.97. The standard InChI is InChI=1S/C23H18FNO2/c1-14-7-8-16(10-20(14)24)21-12-23(27)19-9-17(13-26)18(11-22(19)25-21)15-5-3-2-4-6-15/h2-12,26H,13H2,1H3,(H,25,27). The average Bonchev–Trinajstić information content (AvgIpc) is 2.69. The fourth-order valence-corrected chi connectivity index (χ4v) is 3.22. The van der Waals surface area contributed by atoms with Gasteiger partial charge in [-0.1, -0.05) is 42.5 Å². The molecule has 4 heteroatoms. The summed E-state index contributed by atoms with van der Waals surface area (Å²) in [6.07, 6.45) is 0. The molecule has 0 saturated carbocycles. The maximum Gasteiger partial charge on any atom is 0.127 e. The summed E-state index contributed by atoms with van der Waals surface area (Å²) in [6, 6.07) is 19.7. The fraction of sp³-hybridized carbons (Fsp3) is 0.0870. The third-order valence-electron chi connectivity index (χ3n) is 4.73. The van der Waals surface area contributed by atoms with E-state index in [1.54, 1.807) is 25.1 Å². The van der Waals surface area contributed by atoms with Crippen molar-refractivity contribution in [3.8, 4) is 28.1 Å². The van der Waals surface area contributed by atoms with Crippen molar-refractivity contribution in [2.75, 3.05) is 0 Å². The zero-order chi connectivity index (χ0) is 19.0. The molecule has 1 aromatic heterocycles. The molecule has 0 aliphatic heterocycles. The van der Waals surface area contributed by atoms with E-state index in [-0.39, 0.29) is 18.2 Å². The number of pyridine rings is 1. The molecule has 3 aromatic carbocycles. The van der Waals surface area contributed by atoms with Crippen LogP contribution in [0.4, 0.5) is 4.39 Å². The molecule has 0 fully saturated rings.